The van der Waals surface area contributed by atoms with Crippen LogP contribution in [0.1, 0.15) is 40.4 Å². The first kappa shape index (κ1) is 17.0. The standard InChI is InChI=1S/C14H20ClNO3S/c1-6-7-16(5)14(17)12-9(2)8-10(3)13(11(12)4)20(15,18)19/h8H,6-7H2,1-5H3. The van der Waals surface area contributed by atoms with Gasteiger partial charge in [-0.05, 0) is 43.9 Å². The lowest BCUT2D eigenvalue weighted by molar-refractivity contribution is 0.0793. The molecular formula is C14H20ClNO3S. The van der Waals surface area contributed by atoms with Gasteiger partial charge in [0.2, 0.25) is 0 Å². The van der Waals surface area contributed by atoms with Crippen LogP contribution in [-0.4, -0.2) is 32.8 Å². The lowest BCUT2D eigenvalue weighted by Crippen LogP contribution is -2.29. The van der Waals surface area contributed by atoms with Crippen LogP contribution in [0.25, 0.3) is 0 Å². The van der Waals surface area contributed by atoms with Crippen LogP contribution in [-0.2, 0) is 9.05 Å². The van der Waals surface area contributed by atoms with E-state index in [0.717, 1.165) is 12.0 Å². The Kier molecular flexibility index (Phi) is 5.21. The molecule has 0 atom stereocenters. The fourth-order valence-corrected chi connectivity index (χ4v) is 4.12. The van der Waals surface area contributed by atoms with Crippen molar-refractivity contribution in [3.63, 3.8) is 0 Å². The second kappa shape index (κ2) is 6.14. The highest BCUT2D eigenvalue weighted by molar-refractivity contribution is 8.13. The van der Waals surface area contributed by atoms with Crippen LogP contribution < -0.4 is 0 Å². The van der Waals surface area contributed by atoms with Gasteiger partial charge in [-0.3, -0.25) is 4.79 Å². The Hall–Kier alpha value is -1.07. The van der Waals surface area contributed by atoms with Crippen molar-refractivity contribution in [2.75, 3.05) is 13.6 Å². The molecule has 0 spiro atoms. The number of halogens is 1. The second-order valence-corrected chi connectivity index (χ2v) is 7.51. The Morgan fingerprint density at radius 3 is 2.25 bits per heavy atom. The van der Waals surface area contributed by atoms with Gasteiger partial charge in [-0.2, -0.15) is 0 Å². The van der Waals surface area contributed by atoms with Gasteiger partial charge >= 0.3 is 0 Å². The summed E-state index contributed by atoms with van der Waals surface area (Å²) in [5.74, 6) is -0.177. The first-order chi connectivity index (χ1) is 9.11. The van der Waals surface area contributed by atoms with E-state index in [-0.39, 0.29) is 10.8 Å². The maximum atomic E-state index is 12.5. The molecule has 1 amide bonds. The molecule has 1 rings (SSSR count). The summed E-state index contributed by atoms with van der Waals surface area (Å²) < 4.78 is 23.4. The van der Waals surface area contributed by atoms with E-state index in [1.54, 1.807) is 38.8 Å². The van der Waals surface area contributed by atoms with Crippen LogP contribution in [0.2, 0.25) is 0 Å². The van der Waals surface area contributed by atoms with E-state index >= 15 is 0 Å². The average Bonchev–Trinajstić information content (AvgIpc) is 2.25. The zero-order chi connectivity index (χ0) is 15.7. The molecule has 6 heteroatoms. The number of hydrogen-bond donors (Lipinski definition) is 0. The van der Waals surface area contributed by atoms with Crippen molar-refractivity contribution in [1.29, 1.82) is 0 Å². The number of aryl methyl sites for hydroxylation is 2. The fourth-order valence-electron chi connectivity index (χ4n) is 2.50. The van der Waals surface area contributed by atoms with Gasteiger partial charge in [-0.15, -0.1) is 0 Å². The number of rotatable bonds is 4. The van der Waals surface area contributed by atoms with E-state index in [9.17, 15) is 13.2 Å². The second-order valence-electron chi connectivity index (χ2n) is 5.00. The molecule has 0 aliphatic carbocycles. The van der Waals surface area contributed by atoms with Crippen LogP contribution in [0.4, 0.5) is 0 Å². The van der Waals surface area contributed by atoms with Gasteiger partial charge in [-0.25, -0.2) is 8.42 Å². The van der Waals surface area contributed by atoms with E-state index in [1.807, 2.05) is 6.92 Å². The van der Waals surface area contributed by atoms with Crippen LogP contribution in [0, 0.1) is 20.8 Å². The molecule has 0 bridgehead atoms. The van der Waals surface area contributed by atoms with Crippen LogP contribution in [0.15, 0.2) is 11.0 Å². The molecule has 0 heterocycles. The van der Waals surface area contributed by atoms with Crippen molar-refractivity contribution in [1.82, 2.24) is 4.90 Å². The Balaban J connectivity index is 3.53. The Bertz CT molecular complexity index is 638. The highest BCUT2D eigenvalue weighted by Crippen LogP contribution is 2.29. The van der Waals surface area contributed by atoms with Gasteiger partial charge in [0, 0.05) is 29.8 Å². The Labute approximate surface area is 125 Å². The molecule has 0 aliphatic rings. The third-order valence-corrected chi connectivity index (χ3v) is 4.84. The van der Waals surface area contributed by atoms with E-state index in [2.05, 4.69) is 0 Å². The summed E-state index contributed by atoms with van der Waals surface area (Å²) in [7, 11) is 3.32. The number of benzene rings is 1. The highest BCUT2D eigenvalue weighted by atomic mass is 35.7. The normalized spacial score (nSPS) is 11.5. The molecule has 112 valence electrons. The van der Waals surface area contributed by atoms with Crippen molar-refractivity contribution < 1.29 is 13.2 Å². The van der Waals surface area contributed by atoms with Gasteiger partial charge in [-0.1, -0.05) is 13.0 Å². The summed E-state index contributed by atoms with van der Waals surface area (Å²) in [6.07, 6.45) is 0.840. The molecule has 0 aromatic heterocycles. The summed E-state index contributed by atoms with van der Waals surface area (Å²) in [6.45, 7) is 7.71. The zero-order valence-electron chi connectivity index (χ0n) is 12.4. The monoisotopic (exact) mass is 317 g/mol. The molecule has 1 aromatic rings. The minimum atomic E-state index is -3.87. The maximum absolute atomic E-state index is 12.5. The van der Waals surface area contributed by atoms with Crippen LogP contribution >= 0.6 is 10.7 Å². The average molecular weight is 318 g/mol. The Morgan fingerprint density at radius 2 is 1.80 bits per heavy atom. The van der Waals surface area contributed by atoms with E-state index < -0.39 is 9.05 Å². The van der Waals surface area contributed by atoms with Crippen molar-refractivity contribution in [3.05, 3.63) is 28.3 Å². The summed E-state index contributed by atoms with van der Waals surface area (Å²) in [6, 6.07) is 1.69. The minimum absolute atomic E-state index is 0.0398. The first-order valence-electron chi connectivity index (χ1n) is 6.42. The van der Waals surface area contributed by atoms with E-state index in [1.165, 1.54) is 0 Å². The third-order valence-electron chi connectivity index (χ3n) is 3.26. The number of nitrogens with zero attached hydrogens (tertiary/aromatic N) is 1. The van der Waals surface area contributed by atoms with Gasteiger partial charge in [0.25, 0.3) is 15.0 Å². The molecule has 0 N–H and O–H groups in total. The highest BCUT2D eigenvalue weighted by Gasteiger charge is 2.25. The predicted molar refractivity (Wildman–Crippen MR) is 80.9 cm³/mol. The van der Waals surface area contributed by atoms with Crippen molar-refractivity contribution in [2.45, 2.75) is 39.0 Å². The smallest absolute Gasteiger partial charge is 0.261 e. The van der Waals surface area contributed by atoms with Crippen molar-refractivity contribution >= 4 is 25.6 Å². The molecular weight excluding hydrogens is 298 g/mol. The molecule has 0 saturated heterocycles. The zero-order valence-corrected chi connectivity index (χ0v) is 14.0. The first-order valence-corrected chi connectivity index (χ1v) is 8.73. The summed E-state index contributed by atoms with van der Waals surface area (Å²) in [5, 5.41) is 0. The summed E-state index contributed by atoms with van der Waals surface area (Å²) in [5.41, 5.74) is 2.16. The van der Waals surface area contributed by atoms with Crippen molar-refractivity contribution in [2.24, 2.45) is 0 Å². The molecule has 20 heavy (non-hydrogen) atoms. The Morgan fingerprint density at radius 1 is 1.25 bits per heavy atom. The SMILES string of the molecule is CCCN(C)C(=O)c1c(C)cc(C)c(S(=O)(=O)Cl)c1C. The van der Waals surface area contributed by atoms with Gasteiger partial charge < -0.3 is 4.90 Å². The number of hydrogen-bond acceptors (Lipinski definition) is 3. The third kappa shape index (κ3) is 3.33. The quantitative estimate of drug-likeness (QED) is 0.802. The van der Waals surface area contributed by atoms with Gasteiger partial charge in [0.05, 0.1) is 4.90 Å². The summed E-state index contributed by atoms with van der Waals surface area (Å²) >= 11 is 0. The number of carbonyl (C=O) groups excluding carboxylic acids is 1. The lowest BCUT2D eigenvalue weighted by atomic mass is 9.98. The molecule has 0 fully saturated rings. The fraction of sp³-hybridized carbons (Fsp3) is 0.500. The molecule has 1 aromatic carbocycles. The predicted octanol–water partition coefficient (Wildman–Crippen LogP) is 3.02. The molecule has 0 saturated carbocycles. The molecule has 4 nitrogen and oxygen atoms in total. The van der Waals surface area contributed by atoms with Gasteiger partial charge in [0.1, 0.15) is 0 Å². The molecule has 0 unspecified atom stereocenters. The molecule has 0 aliphatic heterocycles. The van der Waals surface area contributed by atoms with E-state index in [4.69, 9.17) is 10.7 Å². The lowest BCUT2D eigenvalue weighted by Gasteiger charge is -2.21. The molecule has 0 radical (unpaired) electrons. The van der Waals surface area contributed by atoms with Crippen LogP contribution in [0.5, 0.6) is 0 Å². The van der Waals surface area contributed by atoms with Crippen molar-refractivity contribution in [3.8, 4) is 0 Å². The largest absolute Gasteiger partial charge is 0.342 e. The van der Waals surface area contributed by atoms with E-state index in [0.29, 0.717) is 23.2 Å². The summed E-state index contributed by atoms with van der Waals surface area (Å²) in [4.78, 5) is 14.1. The maximum Gasteiger partial charge on any atom is 0.261 e. The topological polar surface area (TPSA) is 54.5 Å². The minimum Gasteiger partial charge on any atom is -0.342 e. The number of carbonyl (C=O) groups is 1. The number of amides is 1. The van der Waals surface area contributed by atoms with Crippen LogP contribution in [0.3, 0.4) is 0 Å². The van der Waals surface area contributed by atoms with Gasteiger partial charge in [0.15, 0.2) is 0 Å².